The minimum absolute atomic E-state index is 0.0187. The summed E-state index contributed by atoms with van der Waals surface area (Å²) < 4.78 is 5.61. The van der Waals surface area contributed by atoms with Crippen LogP contribution in [-0.4, -0.2) is 47.4 Å². The highest BCUT2D eigenvalue weighted by molar-refractivity contribution is 5.87. The van der Waals surface area contributed by atoms with Crippen molar-refractivity contribution in [2.75, 3.05) is 19.7 Å². The number of piperidine rings is 1. The summed E-state index contributed by atoms with van der Waals surface area (Å²) in [5.41, 5.74) is 2.66. The Morgan fingerprint density at radius 3 is 2.58 bits per heavy atom. The molecular weight excluding hydrogens is 306 g/mol. The fraction of sp³-hybridized carbons (Fsp3) is 0.611. The van der Waals surface area contributed by atoms with Crippen molar-refractivity contribution < 1.29 is 14.3 Å². The molecule has 1 N–H and O–H groups in total. The Morgan fingerprint density at radius 2 is 1.92 bits per heavy atom. The maximum Gasteiger partial charge on any atom is 0.258 e. The van der Waals surface area contributed by atoms with Crippen LogP contribution in [0.1, 0.15) is 43.1 Å². The molecule has 1 aromatic rings. The van der Waals surface area contributed by atoms with E-state index in [1.54, 1.807) is 6.92 Å². The lowest BCUT2D eigenvalue weighted by Crippen LogP contribution is -2.49. The normalized spacial score (nSPS) is 15.8. The molecule has 0 saturated carbocycles. The van der Waals surface area contributed by atoms with Gasteiger partial charge in [0.15, 0.2) is 6.61 Å². The number of ether oxygens (including phenoxy) is 1. The predicted molar refractivity (Wildman–Crippen MR) is 92.0 cm³/mol. The molecule has 2 rings (SSSR count). The fourth-order valence-electron chi connectivity index (χ4n) is 2.88. The Morgan fingerprint density at radius 1 is 1.25 bits per heavy atom. The molecule has 24 heavy (non-hydrogen) atoms. The molecule has 0 bridgehead atoms. The molecule has 0 aliphatic carbocycles. The summed E-state index contributed by atoms with van der Waals surface area (Å²) >= 11 is 0. The van der Waals surface area contributed by atoms with Gasteiger partial charge in [0.25, 0.3) is 5.91 Å². The Hall–Kier alpha value is -2.11. The second-order valence-electron chi connectivity index (χ2n) is 6.44. The second kappa shape index (κ2) is 8.13. The molecule has 0 aromatic carbocycles. The number of likely N-dealkylation sites (tertiary alicyclic amines) is 1. The van der Waals surface area contributed by atoms with Crippen molar-refractivity contribution in [2.45, 2.75) is 53.0 Å². The van der Waals surface area contributed by atoms with Gasteiger partial charge in [-0.1, -0.05) is 0 Å². The fourth-order valence-corrected chi connectivity index (χ4v) is 2.88. The number of amides is 2. The van der Waals surface area contributed by atoms with E-state index in [1.807, 2.05) is 31.7 Å². The van der Waals surface area contributed by atoms with E-state index in [-0.39, 0.29) is 18.4 Å². The summed E-state index contributed by atoms with van der Waals surface area (Å²) in [6.45, 7) is 8.89. The number of pyridine rings is 1. The number of hydrogen-bond donors (Lipinski definition) is 1. The van der Waals surface area contributed by atoms with Gasteiger partial charge in [0, 0.05) is 36.1 Å². The average Bonchev–Trinajstić information content (AvgIpc) is 2.56. The van der Waals surface area contributed by atoms with Gasteiger partial charge in [0.1, 0.15) is 11.8 Å². The molecule has 0 radical (unpaired) electrons. The smallest absolute Gasteiger partial charge is 0.258 e. The molecule has 1 aliphatic heterocycles. The zero-order valence-electron chi connectivity index (χ0n) is 15.0. The first kappa shape index (κ1) is 18.2. The number of carbonyl (C=O) groups excluding carboxylic acids is 2. The summed E-state index contributed by atoms with van der Waals surface area (Å²) in [4.78, 5) is 30.6. The molecule has 132 valence electrons. The van der Waals surface area contributed by atoms with Crippen LogP contribution < -0.4 is 10.1 Å². The van der Waals surface area contributed by atoms with Gasteiger partial charge >= 0.3 is 0 Å². The van der Waals surface area contributed by atoms with Crippen molar-refractivity contribution in [3.05, 3.63) is 23.0 Å². The molecule has 6 nitrogen and oxygen atoms in total. The molecule has 2 heterocycles. The summed E-state index contributed by atoms with van der Waals surface area (Å²) in [5.74, 6) is 0.347. The minimum atomic E-state index is -0.527. The molecule has 1 fully saturated rings. The molecule has 1 aromatic heterocycles. The Balaban J connectivity index is 1.85. The van der Waals surface area contributed by atoms with Crippen molar-refractivity contribution in [3.8, 4) is 5.75 Å². The topological polar surface area (TPSA) is 71.5 Å². The van der Waals surface area contributed by atoms with E-state index in [0.29, 0.717) is 5.75 Å². The lowest BCUT2D eigenvalue weighted by atomic mass is 10.1. The van der Waals surface area contributed by atoms with Crippen molar-refractivity contribution in [3.63, 3.8) is 0 Å². The van der Waals surface area contributed by atoms with Crippen molar-refractivity contribution in [2.24, 2.45) is 0 Å². The largest absolute Gasteiger partial charge is 0.483 e. The van der Waals surface area contributed by atoms with Crippen LogP contribution in [0.25, 0.3) is 0 Å². The first-order chi connectivity index (χ1) is 11.4. The molecule has 6 heteroatoms. The van der Waals surface area contributed by atoms with Crippen LogP contribution in [0.3, 0.4) is 0 Å². The van der Waals surface area contributed by atoms with Crippen molar-refractivity contribution in [1.29, 1.82) is 0 Å². The lowest BCUT2D eigenvalue weighted by Gasteiger charge is -2.29. The van der Waals surface area contributed by atoms with E-state index in [9.17, 15) is 9.59 Å². The van der Waals surface area contributed by atoms with Gasteiger partial charge in [-0.25, -0.2) is 0 Å². The van der Waals surface area contributed by atoms with E-state index < -0.39 is 6.04 Å². The SMILES string of the molecule is Cc1cc(OCC(=O)N[C@H](C)C(=O)N2CCCCC2)c(C)c(C)n1. The zero-order chi connectivity index (χ0) is 17.7. The van der Waals surface area contributed by atoms with Crippen LogP contribution in [0.5, 0.6) is 5.75 Å². The van der Waals surface area contributed by atoms with Crippen LogP contribution in [0.15, 0.2) is 6.07 Å². The third kappa shape index (κ3) is 4.69. The van der Waals surface area contributed by atoms with Gasteiger partial charge < -0.3 is 15.0 Å². The number of aromatic nitrogens is 1. The third-order valence-electron chi connectivity index (χ3n) is 4.37. The number of nitrogens with zero attached hydrogens (tertiary/aromatic N) is 2. The maximum atomic E-state index is 12.3. The Labute approximate surface area is 143 Å². The number of hydrogen-bond acceptors (Lipinski definition) is 4. The quantitative estimate of drug-likeness (QED) is 0.893. The van der Waals surface area contributed by atoms with Gasteiger partial charge in [0.2, 0.25) is 5.91 Å². The van der Waals surface area contributed by atoms with Gasteiger partial charge in [-0.2, -0.15) is 0 Å². The summed E-state index contributed by atoms with van der Waals surface area (Å²) in [6, 6.07) is 1.29. The highest BCUT2D eigenvalue weighted by Gasteiger charge is 2.23. The monoisotopic (exact) mass is 333 g/mol. The van der Waals surface area contributed by atoms with Gasteiger partial charge in [0.05, 0.1) is 0 Å². The zero-order valence-corrected chi connectivity index (χ0v) is 15.0. The first-order valence-electron chi connectivity index (χ1n) is 8.54. The predicted octanol–water partition coefficient (Wildman–Crippen LogP) is 1.90. The van der Waals surface area contributed by atoms with Crippen LogP contribution >= 0.6 is 0 Å². The van der Waals surface area contributed by atoms with E-state index in [1.165, 1.54) is 6.42 Å². The number of rotatable bonds is 5. The van der Waals surface area contributed by atoms with Crippen LogP contribution in [-0.2, 0) is 9.59 Å². The van der Waals surface area contributed by atoms with E-state index >= 15 is 0 Å². The standard InChI is InChI=1S/C18H27N3O3/c1-12-10-16(13(2)14(3)19-12)24-11-17(22)20-15(4)18(23)21-8-6-5-7-9-21/h10,15H,5-9,11H2,1-4H3,(H,20,22)/t15-/m1/s1. The number of carbonyl (C=O) groups is 2. The van der Waals surface area contributed by atoms with Gasteiger partial charge in [-0.3, -0.25) is 14.6 Å². The Bertz CT molecular complexity index is 610. The number of nitrogens with one attached hydrogen (secondary N) is 1. The van der Waals surface area contributed by atoms with Crippen LogP contribution in [0.2, 0.25) is 0 Å². The Kier molecular flexibility index (Phi) is 6.17. The van der Waals surface area contributed by atoms with E-state index in [0.717, 1.165) is 42.9 Å². The molecular formula is C18H27N3O3. The van der Waals surface area contributed by atoms with E-state index in [4.69, 9.17) is 4.74 Å². The average molecular weight is 333 g/mol. The highest BCUT2D eigenvalue weighted by Crippen LogP contribution is 2.20. The maximum absolute atomic E-state index is 12.3. The highest BCUT2D eigenvalue weighted by atomic mass is 16.5. The second-order valence-corrected chi connectivity index (χ2v) is 6.44. The summed E-state index contributed by atoms with van der Waals surface area (Å²) in [7, 11) is 0. The summed E-state index contributed by atoms with van der Waals surface area (Å²) in [5, 5.41) is 2.73. The molecule has 0 spiro atoms. The van der Waals surface area contributed by atoms with Crippen molar-refractivity contribution in [1.82, 2.24) is 15.2 Å². The van der Waals surface area contributed by atoms with Gasteiger partial charge in [-0.05, 0) is 47.0 Å². The molecule has 1 atom stereocenters. The number of aryl methyl sites for hydroxylation is 2. The molecule has 1 saturated heterocycles. The molecule has 0 unspecified atom stereocenters. The lowest BCUT2D eigenvalue weighted by molar-refractivity contribution is -0.137. The van der Waals surface area contributed by atoms with Crippen molar-refractivity contribution >= 4 is 11.8 Å². The van der Waals surface area contributed by atoms with Crippen LogP contribution in [0.4, 0.5) is 0 Å². The first-order valence-corrected chi connectivity index (χ1v) is 8.54. The van der Waals surface area contributed by atoms with Crippen LogP contribution in [0, 0.1) is 20.8 Å². The minimum Gasteiger partial charge on any atom is -0.483 e. The van der Waals surface area contributed by atoms with E-state index in [2.05, 4.69) is 10.3 Å². The molecule has 2 amide bonds. The summed E-state index contributed by atoms with van der Waals surface area (Å²) in [6.07, 6.45) is 3.24. The molecule has 1 aliphatic rings. The van der Waals surface area contributed by atoms with Gasteiger partial charge in [-0.15, -0.1) is 0 Å². The third-order valence-corrected chi connectivity index (χ3v) is 4.37.